The molecule has 0 atom stereocenters. The number of hydrogen-bond acceptors (Lipinski definition) is 5. The number of amides is 1. The van der Waals surface area contributed by atoms with Gasteiger partial charge in [-0.3, -0.25) is 9.78 Å². The molecule has 0 saturated heterocycles. The monoisotopic (exact) mass is 343 g/mol. The largest absolute Gasteiger partial charge is 0.351 e. The molecule has 0 aliphatic rings. The van der Waals surface area contributed by atoms with E-state index in [1.54, 1.807) is 35.1 Å². The predicted octanol–water partition coefficient (Wildman–Crippen LogP) is 3.82. The molecular formula is C17H17N3OS2. The van der Waals surface area contributed by atoms with Gasteiger partial charge in [0.05, 0.1) is 22.1 Å². The first-order valence-electron chi connectivity index (χ1n) is 7.37. The summed E-state index contributed by atoms with van der Waals surface area (Å²) in [4.78, 5) is 22.8. The first-order valence-corrected chi connectivity index (χ1v) is 9.07. The van der Waals surface area contributed by atoms with Crippen molar-refractivity contribution >= 4 is 28.6 Å². The second-order valence-corrected chi connectivity index (χ2v) is 7.39. The standard InChI is InChI=1S/C17H17N3OS2/c1-12-20-15(11-22-12)16-6-5-14(23-16)10-19-17(21)7-4-13-3-2-8-18-9-13/h2-3,5-6,8-9,11H,4,7,10H2,1H3,(H,19,21). The van der Waals surface area contributed by atoms with Crippen molar-refractivity contribution < 1.29 is 4.79 Å². The highest BCUT2D eigenvalue weighted by Gasteiger charge is 2.07. The topological polar surface area (TPSA) is 54.9 Å². The molecule has 0 saturated carbocycles. The fourth-order valence-corrected chi connectivity index (χ4v) is 3.76. The summed E-state index contributed by atoms with van der Waals surface area (Å²) in [5.41, 5.74) is 2.10. The summed E-state index contributed by atoms with van der Waals surface area (Å²) in [5.74, 6) is 0.0632. The van der Waals surface area contributed by atoms with E-state index >= 15 is 0 Å². The maximum atomic E-state index is 11.9. The molecule has 3 heterocycles. The number of aryl methyl sites for hydroxylation is 2. The van der Waals surface area contributed by atoms with Crippen molar-refractivity contribution in [2.45, 2.75) is 26.3 Å². The van der Waals surface area contributed by atoms with Gasteiger partial charge in [0.2, 0.25) is 5.91 Å². The van der Waals surface area contributed by atoms with Crippen molar-refractivity contribution in [3.63, 3.8) is 0 Å². The number of rotatable bonds is 6. The molecule has 0 radical (unpaired) electrons. The lowest BCUT2D eigenvalue weighted by Gasteiger charge is -2.03. The zero-order chi connectivity index (χ0) is 16.1. The zero-order valence-electron chi connectivity index (χ0n) is 12.8. The van der Waals surface area contributed by atoms with E-state index in [1.165, 1.54) is 0 Å². The van der Waals surface area contributed by atoms with Crippen LogP contribution in [0.25, 0.3) is 10.6 Å². The van der Waals surface area contributed by atoms with Crippen LogP contribution in [0.1, 0.15) is 21.9 Å². The fourth-order valence-electron chi connectivity index (χ4n) is 2.17. The molecule has 3 aromatic heterocycles. The van der Waals surface area contributed by atoms with Gasteiger partial charge in [-0.05, 0) is 37.1 Å². The van der Waals surface area contributed by atoms with Crippen LogP contribution >= 0.6 is 22.7 Å². The van der Waals surface area contributed by atoms with Gasteiger partial charge < -0.3 is 5.32 Å². The van der Waals surface area contributed by atoms with Crippen LogP contribution in [0.2, 0.25) is 0 Å². The van der Waals surface area contributed by atoms with E-state index in [0.29, 0.717) is 19.4 Å². The van der Waals surface area contributed by atoms with Crippen molar-refractivity contribution in [1.29, 1.82) is 0 Å². The first kappa shape index (κ1) is 15.8. The van der Waals surface area contributed by atoms with E-state index in [4.69, 9.17) is 0 Å². The highest BCUT2D eigenvalue weighted by molar-refractivity contribution is 7.16. The lowest BCUT2D eigenvalue weighted by atomic mass is 10.1. The molecule has 6 heteroatoms. The second-order valence-electron chi connectivity index (χ2n) is 5.16. The number of nitrogens with zero attached hydrogens (tertiary/aromatic N) is 2. The van der Waals surface area contributed by atoms with Crippen LogP contribution in [0, 0.1) is 6.92 Å². The SMILES string of the molecule is Cc1nc(-c2ccc(CNC(=O)CCc3cccnc3)s2)cs1. The van der Waals surface area contributed by atoms with Crippen LogP contribution in [0.5, 0.6) is 0 Å². The highest BCUT2D eigenvalue weighted by Crippen LogP contribution is 2.28. The van der Waals surface area contributed by atoms with Crippen molar-refractivity contribution in [3.8, 4) is 10.6 Å². The Bertz CT molecular complexity index is 780. The van der Waals surface area contributed by atoms with Crippen LogP contribution in [-0.2, 0) is 17.8 Å². The molecule has 3 rings (SSSR count). The molecule has 0 unspecified atom stereocenters. The summed E-state index contributed by atoms with van der Waals surface area (Å²) in [7, 11) is 0. The molecule has 0 fully saturated rings. The van der Waals surface area contributed by atoms with Gasteiger partial charge >= 0.3 is 0 Å². The van der Waals surface area contributed by atoms with E-state index < -0.39 is 0 Å². The predicted molar refractivity (Wildman–Crippen MR) is 94.6 cm³/mol. The van der Waals surface area contributed by atoms with Gasteiger partial charge in [0.25, 0.3) is 0 Å². The number of aromatic nitrogens is 2. The Morgan fingerprint density at radius 2 is 2.22 bits per heavy atom. The maximum absolute atomic E-state index is 11.9. The van der Waals surface area contributed by atoms with Gasteiger partial charge in [-0.25, -0.2) is 4.98 Å². The quantitative estimate of drug-likeness (QED) is 0.740. The summed E-state index contributed by atoms with van der Waals surface area (Å²) in [5, 5.41) is 6.11. The zero-order valence-corrected chi connectivity index (χ0v) is 14.4. The Balaban J connectivity index is 1.48. The summed E-state index contributed by atoms with van der Waals surface area (Å²) in [6.07, 6.45) is 4.74. The smallest absolute Gasteiger partial charge is 0.220 e. The van der Waals surface area contributed by atoms with Crippen molar-refractivity contribution in [3.05, 3.63) is 57.5 Å². The Kier molecular flexibility index (Phi) is 5.15. The summed E-state index contributed by atoms with van der Waals surface area (Å²) in [6.45, 7) is 2.57. The molecular weight excluding hydrogens is 326 g/mol. The summed E-state index contributed by atoms with van der Waals surface area (Å²) in [6, 6.07) is 7.99. The number of carbonyl (C=O) groups excluding carboxylic acids is 1. The van der Waals surface area contributed by atoms with E-state index in [2.05, 4.69) is 32.8 Å². The highest BCUT2D eigenvalue weighted by atomic mass is 32.1. The van der Waals surface area contributed by atoms with Crippen LogP contribution < -0.4 is 5.32 Å². The minimum absolute atomic E-state index is 0.0632. The lowest BCUT2D eigenvalue weighted by Crippen LogP contribution is -2.22. The van der Waals surface area contributed by atoms with Crippen LogP contribution in [0.3, 0.4) is 0 Å². The Morgan fingerprint density at radius 1 is 1.30 bits per heavy atom. The number of thiophene rings is 1. The second kappa shape index (κ2) is 7.48. The molecule has 0 spiro atoms. The van der Waals surface area contributed by atoms with Gasteiger partial charge in [0.15, 0.2) is 0 Å². The fraction of sp³-hybridized carbons (Fsp3) is 0.235. The Morgan fingerprint density at radius 3 is 2.96 bits per heavy atom. The van der Waals surface area contributed by atoms with Crippen LogP contribution in [0.15, 0.2) is 42.0 Å². The first-order chi connectivity index (χ1) is 11.2. The van der Waals surface area contributed by atoms with Crippen molar-refractivity contribution in [2.75, 3.05) is 0 Å². The third kappa shape index (κ3) is 4.46. The third-order valence-corrected chi connectivity index (χ3v) is 5.24. The van der Waals surface area contributed by atoms with Crippen LogP contribution in [0.4, 0.5) is 0 Å². The van der Waals surface area contributed by atoms with Gasteiger partial charge in [-0.2, -0.15) is 0 Å². The van der Waals surface area contributed by atoms with Gasteiger partial charge in [0.1, 0.15) is 0 Å². The average molecular weight is 343 g/mol. The molecule has 0 aliphatic heterocycles. The molecule has 3 aromatic rings. The van der Waals surface area contributed by atoms with Crippen molar-refractivity contribution in [2.24, 2.45) is 0 Å². The summed E-state index contributed by atoms with van der Waals surface area (Å²) >= 11 is 3.33. The number of thiazole rings is 1. The normalized spacial score (nSPS) is 10.7. The third-order valence-electron chi connectivity index (χ3n) is 3.36. The number of nitrogens with one attached hydrogen (secondary N) is 1. The number of hydrogen-bond donors (Lipinski definition) is 1. The van der Waals surface area contributed by atoms with E-state index in [9.17, 15) is 4.79 Å². The lowest BCUT2D eigenvalue weighted by molar-refractivity contribution is -0.121. The summed E-state index contributed by atoms with van der Waals surface area (Å²) < 4.78 is 0. The molecule has 4 nitrogen and oxygen atoms in total. The molecule has 118 valence electrons. The maximum Gasteiger partial charge on any atom is 0.220 e. The molecule has 23 heavy (non-hydrogen) atoms. The molecule has 0 aromatic carbocycles. The molecule has 0 bridgehead atoms. The molecule has 1 N–H and O–H groups in total. The molecule has 1 amide bonds. The van der Waals surface area contributed by atoms with Gasteiger partial charge in [-0.1, -0.05) is 6.07 Å². The average Bonchev–Trinajstić information content (AvgIpc) is 3.20. The van der Waals surface area contributed by atoms with Crippen molar-refractivity contribution in [1.82, 2.24) is 15.3 Å². The Hall–Kier alpha value is -2.05. The number of pyridine rings is 1. The van der Waals surface area contributed by atoms with Gasteiger partial charge in [0, 0.05) is 29.1 Å². The molecule has 0 aliphatic carbocycles. The van der Waals surface area contributed by atoms with E-state index in [0.717, 1.165) is 26.0 Å². The minimum Gasteiger partial charge on any atom is -0.351 e. The minimum atomic E-state index is 0.0632. The van der Waals surface area contributed by atoms with E-state index in [-0.39, 0.29) is 5.91 Å². The Labute approximate surface area is 143 Å². The van der Waals surface area contributed by atoms with Gasteiger partial charge in [-0.15, -0.1) is 22.7 Å². The number of carbonyl (C=O) groups is 1. The van der Waals surface area contributed by atoms with Crippen LogP contribution in [-0.4, -0.2) is 15.9 Å². The van der Waals surface area contributed by atoms with E-state index in [1.807, 2.05) is 19.1 Å².